The molecule has 2 aromatic rings. The summed E-state index contributed by atoms with van der Waals surface area (Å²) in [6.07, 6.45) is 2.05. The van der Waals surface area contributed by atoms with Crippen molar-refractivity contribution in [3.8, 4) is 0 Å². The Morgan fingerprint density at radius 3 is 2.46 bits per heavy atom. The van der Waals surface area contributed by atoms with Gasteiger partial charge in [0.05, 0.1) is 6.54 Å². The molecular weight excluding hydrogens is 302 g/mol. The number of carbonyl (C=O) groups is 1. The minimum Gasteiger partial charge on any atom is -0.337 e. The van der Waals surface area contributed by atoms with Crippen molar-refractivity contribution in [2.75, 3.05) is 13.1 Å². The van der Waals surface area contributed by atoms with Crippen LogP contribution in [0.4, 0.5) is 0 Å². The van der Waals surface area contributed by atoms with Crippen LogP contribution in [0.5, 0.6) is 0 Å². The second-order valence-corrected chi connectivity index (χ2v) is 6.67. The highest BCUT2D eigenvalue weighted by atomic mass is 16.2. The number of rotatable bonds is 3. The van der Waals surface area contributed by atoms with Crippen molar-refractivity contribution in [2.24, 2.45) is 5.92 Å². The summed E-state index contributed by atoms with van der Waals surface area (Å²) in [6, 6.07) is 10.9. The molecular formula is C19H23N3O2. The van der Waals surface area contributed by atoms with Gasteiger partial charge >= 0.3 is 0 Å². The van der Waals surface area contributed by atoms with Crippen molar-refractivity contribution >= 4 is 5.91 Å². The van der Waals surface area contributed by atoms with Crippen molar-refractivity contribution in [3.63, 3.8) is 0 Å². The molecule has 0 aliphatic carbocycles. The number of aryl methyl sites for hydroxylation is 1. The standard InChI is InChI=1S/C19H23N3O2/c1-14-3-5-16(6-4-14)13-22-18(23)8-7-17(20-22)19(24)21-11-9-15(2)10-12-21/h3-8,15H,9-13H2,1-2H3. The van der Waals surface area contributed by atoms with Gasteiger partial charge in [-0.15, -0.1) is 0 Å². The summed E-state index contributed by atoms with van der Waals surface area (Å²) in [5.74, 6) is 0.581. The van der Waals surface area contributed by atoms with Crippen molar-refractivity contribution < 1.29 is 4.79 Å². The Balaban J connectivity index is 1.79. The van der Waals surface area contributed by atoms with Gasteiger partial charge in [0.1, 0.15) is 5.69 Å². The number of likely N-dealkylation sites (tertiary alicyclic amines) is 1. The molecule has 0 saturated carbocycles. The summed E-state index contributed by atoms with van der Waals surface area (Å²) in [5.41, 5.74) is 2.31. The smallest absolute Gasteiger partial charge is 0.274 e. The number of aromatic nitrogens is 2. The van der Waals surface area contributed by atoms with E-state index in [-0.39, 0.29) is 11.5 Å². The van der Waals surface area contributed by atoms with E-state index < -0.39 is 0 Å². The molecule has 3 rings (SSSR count). The third kappa shape index (κ3) is 3.72. The summed E-state index contributed by atoms with van der Waals surface area (Å²) in [7, 11) is 0. The molecule has 0 radical (unpaired) electrons. The maximum atomic E-state index is 12.6. The van der Waals surface area contributed by atoms with Gasteiger partial charge in [0.2, 0.25) is 0 Å². The Morgan fingerprint density at radius 2 is 1.79 bits per heavy atom. The maximum absolute atomic E-state index is 12.6. The fraction of sp³-hybridized carbons (Fsp3) is 0.421. The molecule has 0 spiro atoms. The van der Waals surface area contributed by atoms with Gasteiger partial charge in [-0.05, 0) is 37.3 Å². The fourth-order valence-electron chi connectivity index (χ4n) is 2.92. The third-order valence-electron chi connectivity index (χ3n) is 4.61. The van der Waals surface area contributed by atoms with Gasteiger partial charge in [0, 0.05) is 19.2 Å². The minimum absolute atomic E-state index is 0.0837. The van der Waals surface area contributed by atoms with Crippen LogP contribution in [0.1, 0.15) is 41.4 Å². The van der Waals surface area contributed by atoms with E-state index in [1.165, 1.54) is 22.4 Å². The summed E-state index contributed by atoms with van der Waals surface area (Å²) >= 11 is 0. The quantitative estimate of drug-likeness (QED) is 0.871. The average Bonchev–Trinajstić information content (AvgIpc) is 2.59. The number of benzene rings is 1. The number of hydrogen-bond donors (Lipinski definition) is 0. The molecule has 5 nitrogen and oxygen atoms in total. The molecule has 1 aromatic carbocycles. The molecule has 126 valence electrons. The first-order valence-electron chi connectivity index (χ1n) is 8.46. The van der Waals surface area contributed by atoms with E-state index in [0.717, 1.165) is 31.5 Å². The second kappa shape index (κ2) is 6.99. The molecule has 24 heavy (non-hydrogen) atoms. The number of hydrogen-bond acceptors (Lipinski definition) is 3. The molecule has 1 saturated heterocycles. The first-order valence-corrected chi connectivity index (χ1v) is 8.46. The minimum atomic E-state index is -0.195. The number of nitrogens with zero attached hydrogens (tertiary/aromatic N) is 3. The molecule has 2 heterocycles. The van der Waals surface area contributed by atoms with Crippen LogP contribution in [0.3, 0.4) is 0 Å². The number of amides is 1. The first kappa shape index (κ1) is 16.4. The van der Waals surface area contributed by atoms with Crippen molar-refractivity contribution in [2.45, 2.75) is 33.2 Å². The lowest BCUT2D eigenvalue weighted by atomic mass is 9.99. The van der Waals surface area contributed by atoms with Gasteiger partial charge in [-0.3, -0.25) is 9.59 Å². The molecule has 0 bridgehead atoms. The van der Waals surface area contributed by atoms with Crippen molar-refractivity contribution in [1.82, 2.24) is 14.7 Å². The molecule has 1 aromatic heterocycles. The summed E-state index contributed by atoms with van der Waals surface area (Å²) < 4.78 is 1.37. The van der Waals surface area contributed by atoms with Crippen LogP contribution in [0.25, 0.3) is 0 Å². The highest BCUT2D eigenvalue weighted by Gasteiger charge is 2.22. The van der Waals surface area contributed by atoms with Gasteiger partial charge in [0.15, 0.2) is 0 Å². The van der Waals surface area contributed by atoms with E-state index in [9.17, 15) is 9.59 Å². The molecule has 1 aliphatic heterocycles. The van der Waals surface area contributed by atoms with E-state index >= 15 is 0 Å². The Bertz CT molecular complexity index is 772. The maximum Gasteiger partial charge on any atom is 0.274 e. The molecule has 0 N–H and O–H groups in total. The van der Waals surface area contributed by atoms with Gasteiger partial charge in [-0.2, -0.15) is 5.10 Å². The number of piperidine rings is 1. The van der Waals surface area contributed by atoms with Gasteiger partial charge in [0.25, 0.3) is 11.5 Å². The van der Waals surface area contributed by atoms with Crippen LogP contribution in [0.2, 0.25) is 0 Å². The lowest BCUT2D eigenvalue weighted by Crippen LogP contribution is -2.39. The van der Waals surface area contributed by atoms with E-state index in [2.05, 4.69) is 12.0 Å². The highest BCUT2D eigenvalue weighted by Crippen LogP contribution is 2.17. The largest absolute Gasteiger partial charge is 0.337 e. The van der Waals surface area contributed by atoms with Crippen LogP contribution in [0.15, 0.2) is 41.2 Å². The zero-order valence-electron chi connectivity index (χ0n) is 14.2. The lowest BCUT2D eigenvalue weighted by molar-refractivity contribution is 0.0688. The molecule has 0 unspecified atom stereocenters. The summed E-state index contributed by atoms with van der Waals surface area (Å²) in [4.78, 5) is 26.5. The molecule has 0 atom stereocenters. The van der Waals surface area contributed by atoms with E-state index in [1.807, 2.05) is 36.1 Å². The summed E-state index contributed by atoms with van der Waals surface area (Å²) in [6.45, 7) is 6.13. The third-order valence-corrected chi connectivity index (χ3v) is 4.61. The number of carbonyl (C=O) groups excluding carboxylic acids is 1. The lowest BCUT2D eigenvalue weighted by Gasteiger charge is -2.30. The SMILES string of the molecule is Cc1ccc(Cn2nc(C(=O)N3CCC(C)CC3)ccc2=O)cc1. The van der Waals surface area contributed by atoms with Gasteiger partial charge in [-0.1, -0.05) is 36.8 Å². The first-order chi connectivity index (χ1) is 11.5. The van der Waals surface area contributed by atoms with Crippen LogP contribution in [0, 0.1) is 12.8 Å². The van der Waals surface area contributed by atoms with E-state index in [0.29, 0.717) is 18.2 Å². The predicted molar refractivity (Wildman–Crippen MR) is 93.1 cm³/mol. The van der Waals surface area contributed by atoms with Crippen LogP contribution >= 0.6 is 0 Å². The predicted octanol–water partition coefficient (Wildman–Crippen LogP) is 2.47. The zero-order chi connectivity index (χ0) is 17.1. The van der Waals surface area contributed by atoms with Crippen LogP contribution in [-0.4, -0.2) is 33.7 Å². The normalized spacial score (nSPS) is 15.5. The highest BCUT2D eigenvalue weighted by molar-refractivity contribution is 5.92. The average molecular weight is 325 g/mol. The topological polar surface area (TPSA) is 55.2 Å². The van der Waals surface area contributed by atoms with Crippen LogP contribution < -0.4 is 5.56 Å². The molecule has 5 heteroatoms. The van der Waals surface area contributed by atoms with Crippen molar-refractivity contribution in [1.29, 1.82) is 0 Å². The fourth-order valence-corrected chi connectivity index (χ4v) is 2.92. The second-order valence-electron chi connectivity index (χ2n) is 6.67. The molecule has 1 aliphatic rings. The van der Waals surface area contributed by atoms with Crippen molar-refractivity contribution in [3.05, 3.63) is 63.6 Å². The Morgan fingerprint density at radius 1 is 1.12 bits per heavy atom. The zero-order valence-corrected chi connectivity index (χ0v) is 14.2. The molecule has 1 fully saturated rings. The summed E-state index contributed by atoms with van der Waals surface area (Å²) in [5, 5.41) is 4.30. The van der Waals surface area contributed by atoms with E-state index in [4.69, 9.17) is 0 Å². The molecule has 1 amide bonds. The Hall–Kier alpha value is -2.43. The van der Waals surface area contributed by atoms with Crippen LogP contribution in [-0.2, 0) is 6.54 Å². The van der Waals surface area contributed by atoms with Gasteiger partial charge < -0.3 is 4.90 Å². The van der Waals surface area contributed by atoms with E-state index in [1.54, 1.807) is 0 Å². The Kier molecular flexibility index (Phi) is 4.79. The Labute approximate surface area is 141 Å². The van der Waals surface area contributed by atoms with Gasteiger partial charge in [-0.25, -0.2) is 4.68 Å². The monoisotopic (exact) mass is 325 g/mol.